The second-order valence-electron chi connectivity index (χ2n) is 7.97. The molecular weight excluding hydrogens is 459 g/mol. The fourth-order valence-electron chi connectivity index (χ4n) is 3.72. The molecule has 1 aliphatic rings. The largest absolute Gasteiger partial charge is 0.483 e. The Hall–Kier alpha value is -3.53. The molecule has 10 heteroatoms. The van der Waals surface area contributed by atoms with Crippen LogP contribution in [0.2, 0.25) is 0 Å². The highest BCUT2D eigenvalue weighted by atomic mass is 19.4. The van der Waals surface area contributed by atoms with E-state index in [1.807, 2.05) is 0 Å². The lowest BCUT2D eigenvalue weighted by Gasteiger charge is -2.24. The number of carbonyl (C=O) groups is 1. The van der Waals surface area contributed by atoms with Gasteiger partial charge in [0.15, 0.2) is 6.61 Å². The zero-order chi connectivity index (χ0) is 24.7. The molecule has 34 heavy (non-hydrogen) atoms. The number of para-hydroxylation sites is 1. The van der Waals surface area contributed by atoms with Crippen LogP contribution in [-0.2, 0) is 12.1 Å². The van der Waals surface area contributed by atoms with Gasteiger partial charge in [-0.25, -0.2) is 8.78 Å². The van der Waals surface area contributed by atoms with E-state index in [0.29, 0.717) is 28.1 Å². The zero-order valence-corrected chi connectivity index (χ0v) is 17.8. The number of amides is 1. The van der Waals surface area contributed by atoms with Crippen molar-refractivity contribution in [2.75, 3.05) is 11.5 Å². The molecule has 0 unspecified atom stereocenters. The number of halogens is 5. The van der Waals surface area contributed by atoms with Crippen LogP contribution in [0.4, 0.5) is 27.6 Å². The Morgan fingerprint density at radius 3 is 2.38 bits per heavy atom. The molecule has 0 saturated carbocycles. The van der Waals surface area contributed by atoms with Crippen molar-refractivity contribution in [3.05, 3.63) is 77.5 Å². The van der Waals surface area contributed by atoms with Gasteiger partial charge in [0.2, 0.25) is 0 Å². The van der Waals surface area contributed by atoms with Crippen LogP contribution in [-0.4, -0.2) is 35.2 Å². The van der Waals surface area contributed by atoms with E-state index in [0.717, 1.165) is 6.92 Å². The summed E-state index contributed by atoms with van der Waals surface area (Å²) in [5.74, 6) is -0.397. The maximum Gasteiger partial charge on any atom is 0.422 e. The number of hydrogen-bond donors (Lipinski definition) is 1. The average molecular weight is 478 g/mol. The molecule has 178 valence electrons. The van der Waals surface area contributed by atoms with Crippen LogP contribution in [0.3, 0.4) is 0 Å². The predicted molar refractivity (Wildman–Crippen MR) is 114 cm³/mol. The van der Waals surface area contributed by atoms with Crippen LogP contribution in [0.25, 0.3) is 11.3 Å². The van der Waals surface area contributed by atoms with Crippen molar-refractivity contribution in [1.82, 2.24) is 4.98 Å². The molecule has 3 aromatic rings. The molecule has 0 bridgehead atoms. The summed E-state index contributed by atoms with van der Waals surface area (Å²) in [4.78, 5) is 18.8. The number of carbonyl (C=O) groups excluding carboxylic acids is 1. The highest BCUT2D eigenvalue weighted by Crippen LogP contribution is 2.38. The van der Waals surface area contributed by atoms with Crippen LogP contribution >= 0.6 is 0 Å². The summed E-state index contributed by atoms with van der Waals surface area (Å²) >= 11 is 0. The molecule has 4 rings (SSSR count). The Bertz CT molecular complexity index is 1210. The fourth-order valence-corrected chi connectivity index (χ4v) is 3.72. The molecule has 5 nitrogen and oxygen atoms in total. The Morgan fingerprint density at radius 1 is 1.06 bits per heavy atom. The number of nitrogens with zero attached hydrogens (tertiary/aromatic N) is 2. The minimum atomic E-state index is -4.52. The molecule has 0 spiro atoms. The highest BCUT2D eigenvalue weighted by molar-refractivity contribution is 6.11. The molecule has 0 fully saturated rings. The first-order chi connectivity index (χ1) is 16.0. The molecule has 2 heterocycles. The summed E-state index contributed by atoms with van der Waals surface area (Å²) in [5.41, 5.74) is -0.507. The SMILES string of the molecule is C[C@@](O)(c1ccc(N2Cc3c(ccnc3-c3ccccc3OCC(F)(F)F)C2=O)cc1)C(F)F. The van der Waals surface area contributed by atoms with Gasteiger partial charge < -0.3 is 14.7 Å². The van der Waals surface area contributed by atoms with E-state index >= 15 is 0 Å². The van der Waals surface area contributed by atoms with E-state index in [2.05, 4.69) is 4.98 Å². The van der Waals surface area contributed by atoms with Gasteiger partial charge in [-0.2, -0.15) is 13.2 Å². The predicted octanol–water partition coefficient (Wildman–Crippen LogP) is 5.32. The van der Waals surface area contributed by atoms with Crippen molar-refractivity contribution in [3.8, 4) is 17.0 Å². The molecular formula is C24H19F5N2O3. The van der Waals surface area contributed by atoms with E-state index in [9.17, 15) is 31.9 Å². The number of anilines is 1. The third-order valence-corrected chi connectivity index (χ3v) is 5.57. The molecule has 1 aromatic heterocycles. The van der Waals surface area contributed by atoms with E-state index < -0.39 is 24.8 Å². The monoisotopic (exact) mass is 478 g/mol. The van der Waals surface area contributed by atoms with Gasteiger partial charge in [0.25, 0.3) is 12.3 Å². The molecule has 1 N–H and O–H groups in total. The summed E-state index contributed by atoms with van der Waals surface area (Å²) in [6.45, 7) is -0.409. The minimum absolute atomic E-state index is 0.00601. The van der Waals surface area contributed by atoms with E-state index in [4.69, 9.17) is 4.74 Å². The highest BCUT2D eigenvalue weighted by Gasteiger charge is 2.36. The number of ether oxygens (including phenoxy) is 1. The Kier molecular flexibility index (Phi) is 6.03. The van der Waals surface area contributed by atoms with Crippen molar-refractivity contribution in [3.63, 3.8) is 0 Å². The molecule has 0 aliphatic carbocycles. The number of hydrogen-bond acceptors (Lipinski definition) is 4. The number of benzene rings is 2. The molecule has 0 saturated heterocycles. The number of pyridine rings is 1. The second kappa shape index (κ2) is 8.68. The van der Waals surface area contributed by atoms with Crippen LogP contribution in [0.5, 0.6) is 5.75 Å². The van der Waals surface area contributed by atoms with Crippen LogP contribution in [0.15, 0.2) is 60.8 Å². The summed E-state index contributed by atoms with van der Waals surface area (Å²) < 4.78 is 69.2. The number of aromatic nitrogens is 1. The smallest absolute Gasteiger partial charge is 0.422 e. The van der Waals surface area contributed by atoms with Crippen molar-refractivity contribution in [1.29, 1.82) is 0 Å². The fraction of sp³-hybridized carbons (Fsp3) is 0.250. The van der Waals surface area contributed by atoms with Crippen molar-refractivity contribution in [2.45, 2.75) is 31.7 Å². The van der Waals surface area contributed by atoms with Crippen molar-refractivity contribution in [2.24, 2.45) is 0 Å². The van der Waals surface area contributed by atoms with Gasteiger partial charge in [0.1, 0.15) is 11.4 Å². The van der Waals surface area contributed by atoms with Crippen molar-refractivity contribution < 1.29 is 36.6 Å². The first-order valence-electron chi connectivity index (χ1n) is 10.2. The number of fused-ring (bicyclic) bond motifs is 1. The van der Waals surface area contributed by atoms with Crippen molar-refractivity contribution >= 4 is 11.6 Å². The second-order valence-corrected chi connectivity index (χ2v) is 7.97. The van der Waals surface area contributed by atoms with Gasteiger partial charge in [-0.1, -0.05) is 24.3 Å². The maximum absolute atomic E-state index is 13.1. The molecule has 0 radical (unpaired) electrons. The Labute approximate surface area is 191 Å². The Balaban J connectivity index is 1.66. The number of alkyl halides is 5. The van der Waals surface area contributed by atoms with Gasteiger partial charge in [-0.05, 0) is 42.8 Å². The molecule has 1 aliphatic heterocycles. The lowest BCUT2D eigenvalue weighted by molar-refractivity contribution is -0.153. The summed E-state index contributed by atoms with van der Waals surface area (Å²) in [7, 11) is 0. The third-order valence-electron chi connectivity index (χ3n) is 5.57. The normalized spacial score (nSPS) is 15.4. The summed E-state index contributed by atoms with van der Waals surface area (Å²) in [6, 6.07) is 13.1. The summed E-state index contributed by atoms with van der Waals surface area (Å²) in [6.07, 6.45) is -6.13. The van der Waals surface area contributed by atoms with E-state index in [1.54, 1.807) is 12.1 Å². The van der Waals surface area contributed by atoms with Gasteiger partial charge in [0, 0.05) is 28.6 Å². The quantitative estimate of drug-likeness (QED) is 0.487. The van der Waals surface area contributed by atoms with Crippen LogP contribution in [0.1, 0.15) is 28.4 Å². The first kappa shape index (κ1) is 23.6. The van der Waals surface area contributed by atoms with Gasteiger partial charge in [-0.3, -0.25) is 9.78 Å². The Morgan fingerprint density at radius 2 is 1.74 bits per heavy atom. The molecule has 1 amide bonds. The van der Waals surface area contributed by atoms with E-state index in [1.165, 1.54) is 53.6 Å². The zero-order valence-electron chi connectivity index (χ0n) is 17.8. The van der Waals surface area contributed by atoms with Gasteiger partial charge in [0.05, 0.1) is 12.2 Å². The van der Waals surface area contributed by atoms with Crippen LogP contribution < -0.4 is 9.64 Å². The lowest BCUT2D eigenvalue weighted by atomic mass is 9.96. The number of aliphatic hydroxyl groups is 1. The van der Waals surface area contributed by atoms with E-state index in [-0.39, 0.29) is 23.8 Å². The van der Waals surface area contributed by atoms with Crippen LogP contribution in [0, 0.1) is 0 Å². The standard InChI is InChI=1S/C24H19F5N2O3/c1-23(33,22(25)26)14-6-8-15(9-7-14)31-12-18-16(21(31)32)10-11-30-20(18)17-4-2-3-5-19(17)34-13-24(27,28)29/h2-11,22,33H,12-13H2,1H3/t23-/m1/s1. The van der Waals surface area contributed by atoms with Gasteiger partial charge >= 0.3 is 6.18 Å². The maximum atomic E-state index is 13.1. The minimum Gasteiger partial charge on any atom is -0.483 e. The average Bonchev–Trinajstić information content (AvgIpc) is 3.14. The first-order valence-corrected chi connectivity index (χ1v) is 10.2. The number of rotatable bonds is 6. The molecule has 2 aromatic carbocycles. The van der Waals surface area contributed by atoms with Gasteiger partial charge in [-0.15, -0.1) is 0 Å². The molecule has 1 atom stereocenters. The summed E-state index contributed by atoms with van der Waals surface area (Å²) in [5, 5.41) is 9.97. The lowest BCUT2D eigenvalue weighted by Crippen LogP contribution is -2.30. The topological polar surface area (TPSA) is 62.7 Å². The third kappa shape index (κ3) is 4.45.